The number of fused-ring (bicyclic) bond motifs is 1. The van der Waals surface area contributed by atoms with Crippen LogP contribution in [0.4, 0.5) is 0 Å². The smallest absolute Gasteiger partial charge is 0.311 e. The minimum Gasteiger partial charge on any atom is -0.457 e. The van der Waals surface area contributed by atoms with Crippen molar-refractivity contribution in [2.24, 2.45) is 5.41 Å². The summed E-state index contributed by atoms with van der Waals surface area (Å²) in [4.78, 5) is 12.0. The molecule has 2 rings (SSSR count). The van der Waals surface area contributed by atoms with E-state index in [-0.39, 0.29) is 12.1 Å². The number of carbonyl (C=O) groups is 1. The van der Waals surface area contributed by atoms with E-state index in [9.17, 15) is 4.79 Å². The van der Waals surface area contributed by atoms with Gasteiger partial charge in [-0.2, -0.15) is 0 Å². The van der Waals surface area contributed by atoms with Crippen molar-refractivity contribution >= 4 is 5.97 Å². The van der Waals surface area contributed by atoms with Crippen molar-refractivity contribution < 1.29 is 9.53 Å². The molecule has 0 saturated heterocycles. The zero-order valence-corrected chi connectivity index (χ0v) is 11.5. The molecule has 1 aromatic carbocycles. The summed E-state index contributed by atoms with van der Waals surface area (Å²) in [6.45, 7) is 5.70. The first-order valence-corrected chi connectivity index (χ1v) is 6.77. The van der Waals surface area contributed by atoms with E-state index in [1.807, 2.05) is 26.8 Å². The Hall–Kier alpha value is -1.31. The third kappa shape index (κ3) is 2.92. The molecule has 1 aliphatic rings. The first kappa shape index (κ1) is 13.1. The normalized spacial score (nSPS) is 19.8. The molecule has 0 radical (unpaired) electrons. The average molecular weight is 246 g/mol. The maximum Gasteiger partial charge on any atom is 0.311 e. The highest BCUT2D eigenvalue weighted by atomic mass is 16.5. The number of hydrogen-bond donors (Lipinski definition) is 0. The molecule has 0 aromatic heterocycles. The lowest BCUT2D eigenvalue weighted by atomic mass is 9.96. The van der Waals surface area contributed by atoms with Gasteiger partial charge in [-0.3, -0.25) is 4.79 Å². The van der Waals surface area contributed by atoms with E-state index < -0.39 is 5.41 Å². The van der Waals surface area contributed by atoms with Gasteiger partial charge in [0.15, 0.2) is 0 Å². The lowest BCUT2D eigenvalue weighted by Crippen LogP contribution is -2.25. The van der Waals surface area contributed by atoms with Crippen molar-refractivity contribution in [1.29, 1.82) is 0 Å². The van der Waals surface area contributed by atoms with Crippen LogP contribution in [0.1, 0.15) is 57.3 Å². The fourth-order valence-corrected chi connectivity index (χ4v) is 2.31. The molecule has 1 aromatic rings. The van der Waals surface area contributed by atoms with Crippen LogP contribution in [0.25, 0.3) is 0 Å². The van der Waals surface area contributed by atoms with Gasteiger partial charge in [-0.15, -0.1) is 0 Å². The molecule has 0 aliphatic heterocycles. The molecule has 0 heterocycles. The Kier molecular flexibility index (Phi) is 3.74. The number of carbonyl (C=O) groups excluding carboxylic acids is 1. The molecule has 98 valence electrons. The Morgan fingerprint density at radius 2 is 1.94 bits per heavy atom. The zero-order valence-electron chi connectivity index (χ0n) is 11.5. The first-order valence-electron chi connectivity index (χ1n) is 6.77. The molecule has 18 heavy (non-hydrogen) atoms. The van der Waals surface area contributed by atoms with Gasteiger partial charge in [0.05, 0.1) is 5.41 Å². The largest absolute Gasteiger partial charge is 0.457 e. The van der Waals surface area contributed by atoms with Crippen LogP contribution in [0.3, 0.4) is 0 Å². The summed E-state index contributed by atoms with van der Waals surface area (Å²) in [6.07, 6.45) is 4.28. The highest BCUT2D eigenvalue weighted by molar-refractivity contribution is 5.75. The molecular formula is C16H22O2. The third-order valence-corrected chi connectivity index (χ3v) is 3.43. The number of hydrogen-bond acceptors (Lipinski definition) is 2. The summed E-state index contributed by atoms with van der Waals surface area (Å²) >= 11 is 0. The van der Waals surface area contributed by atoms with Crippen LogP contribution in [0.15, 0.2) is 24.3 Å². The topological polar surface area (TPSA) is 26.3 Å². The second kappa shape index (κ2) is 5.13. The number of aryl methyl sites for hydroxylation is 1. The molecule has 0 unspecified atom stereocenters. The van der Waals surface area contributed by atoms with Gasteiger partial charge in [-0.25, -0.2) is 0 Å². The van der Waals surface area contributed by atoms with Crippen LogP contribution in [0.5, 0.6) is 0 Å². The highest BCUT2D eigenvalue weighted by Gasteiger charge is 2.28. The fourth-order valence-electron chi connectivity index (χ4n) is 2.31. The highest BCUT2D eigenvalue weighted by Crippen LogP contribution is 2.33. The monoisotopic (exact) mass is 246 g/mol. The summed E-state index contributed by atoms with van der Waals surface area (Å²) < 4.78 is 5.72. The number of rotatable bonds is 1. The molecule has 1 atom stereocenters. The van der Waals surface area contributed by atoms with Gasteiger partial charge in [-0.05, 0) is 57.6 Å². The Morgan fingerprint density at radius 1 is 1.22 bits per heavy atom. The van der Waals surface area contributed by atoms with Crippen LogP contribution in [0, 0.1) is 5.41 Å². The molecule has 0 amide bonds. The van der Waals surface area contributed by atoms with Crippen LogP contribution < -0.4 is 0 Å². The summed E-state index contributed by atoms with van der Waals surface area (Å²) in [6, 6.07) is 8.34. The molecule has 0 fully saturated rings. The molecule has 2 heteroatoms. The summed E-state index contributed by atoms with van der Waals surface area (Å²) in [5, 5.41) is 0. The number of esters is 1. The minimum atomic E-state index is -0.429. The minimum absolute atomic E-state index is 0.0598. The van der Waals surface area contributed by atoms with E-state index in [0.717, 1.165) is 19.3 Å². The Labute approximate surface area is 109 Å². The Bertz CT molecular complexity index is 429. The number of benzene rings is 1. The molecule has 0 spiro atoms. The van der Waals surface area contributed by atoms with E-state index in [1.54, 1.807) is 0 Å². The fraction of sp³-hybridized carbons (Fsp3) is 0.562. The number of ether oxygens (including phenoxy) is 1. The molecular weight excluding hydrogens is 224 g/mol. The van der Waals surface area contributed by atoms with Gasteiger partial charge >= 0.3 is 5.97 Å². The van der Waals surface area contributed by atoms with E-state index in [0.29, 0.717) is 0 Å². The average Bonchev–Trinajstić information content (AvgIpc) is 2.51. The lowest BCUT2D eigenvalue weighted by molar-refractivity contribution is -0.159. The van der Waals surface area contributed by atoms with Crippen molar-refractivity contribution in [3.63, 3.8) is 0 Å². The maximum absolute atomic E-state index is 12.0. The van der Waals surface area contributed by atoms with E-state index in [4.69, 9.17) is 4.74 Å². The van der Waals surface area contributed by atoms with Crippen LogP contribution in [-0.2, 0) is 16.0 Å². The lowest BCUT2D eigenvalue weighted by Gasteiger charge is -2.23. The quantitative estimate of drug-likeness (QED) is 0.552. The second-order valence-corrected chi connectivity index (χ2v) is 6.09. The molecule has 0 saturated carbocycles. The van der Waals surface area contributed by atoms with Gasteiger partial charge in [0, 0.05) is 0 Å². The molecule has 1 aliphatic carbocycles. The predicted octanol–water partition coefficient (Wildman–Crippen LogP) is 4.04. The molecule has 2 nitrogen and oxygen atoms in total. The van der Waals surface area contributed by atoms with E-state index in [2.05, 4.69) is 18.2 Å². The Balaban J connectivity index is 2.21. The summed E-state index contributed by atoms with van der Waals surface area (Å²) in [5.74, 6) is -0.107. The van der Waals surface area contributed by atoms with Gasteiger partial charge in [0.2, 0.25) is 0 Å². The van der Waals surface area contributed by atoms with Gasteiger partial charge in [-0.1, -0.05) is 24.3 Å². The third-order valence-electron chi connectivity index (χ3n) is 3.43. The van der Waals surface area contributed by atoms with E-state index >= 15 is 0 Å². The van der Waals surface area contributed by atoms with Crippen LogP contribution in [-0.4, -0.2) is 5.97 Å². The SMILES string of the molecule is CC(C)(C)C(=O)O[C@H]1CCCCc2ccccc21. The van der Waals surface area contributed by atoms with Crippen LogP contribution in [0.2, 0.25) is 0 Å². The van der Waals surface area contributed by atoms with Gasteiger partial charge < -0.3 is 4.74 Å². The van der Waals surface area contributed by atoms with E-state index in [1.165, 1.54) is 17.5 Å². The first-order chi connectivity index (χ1) is 8.48. The summed E-state index contributed by atoms with van der Waals surface area (Å²) in [7, 11) is 0. The standard InChI is InChI=1S/C16H22O2/c1-16(2,3)15(17)18-14-11-7-5-9-12-8-4-6-10-13(12)14/h4,6,8,10,14H,5,7,9,11H2,1-3H3/t14-/m0/s1. The van der Waals surface area contributed by atoms with Crippen LogP contribution >= 0.6 is 0 Å². The summed E-state index contributed by atoms with van der Waals surface area (Å²) in [5.41, 5.74) is 2.11. The maximum atomic E-state index is 12.0. The van der Waals surface area contributed by atoms with Crippen molar-refractivity contribution in [3.05, 3.63) is 35.4 Å². The van der Waals surface area contributed by atoms with Crippen molar-refractivity contribution in [2.75, 3.05) is 0 Å². The van der Waals surface area contributed by atoms with Gasteiger partial charge in [0.25, 0.3) is 0 Å². The molecule has 0 bridgehead atoms. The second-order valence-electron chi connectivity index (χ2n) is 6.09. The van der Waals surface area contributed by atoms with Crippen molar-refractivity contribution in [2.45, 2.75) is 52.6 Å². The van der Waals surface area contributed by atoms with Crippen molar-refractivity contribution in [1.82, 2.24) is 0 Å². The zero-order chi connectivity index (χ0) is 13.2. The van der Waals surface area contributed by atoms with Crippen molar-refractivity contribution in [3.8, 4) is 0 Å². The van der Waals surface area contributed by atoms with Gasteiger partial charge in [0.1, 0.15) is 6.10 Å². The Morgan fingerprint density at radius 3 is 2.67 bits per heavy atom. The predicted molar refractivity (Wildman–Crippen MR) is 72.3 cm³/mol. The molecule has 0 N–H and O–H groups in total.